The van der Waals surface area contributed by atoms with Crippen LogP contribution >= 0.6 is 0 Å². The van der Waals surface area contributed by atoms with E-state index in [1.54, 1.807) is 19.2 Å². The number of nitrogens with one attached hydrogen (secondary N) is 2. The first-order chi connectivity index (χ1) is 18.9. The Kier molecular flexibility index (Phi) is 10.1. The molecule has 2 heterocycles. The molecule has 3 N–H and O–H groups in total. The van der Waals surface area contributed by atoms with Crippen LogP contribution in [-0.2, 0) is 27.1 Å². The van der Waals surface area contributed by atoms with Gasteiger partial charge in [0, 0.05) is 38.7 Å². The van der Waals surface area contributed by atoms with E-state index < -0.39 is 23.9 Å². The zero-order chi connectivity index (χ0) is 27.8. The molecular formula is C28H35FN2O8. The minimum atomic E-state index is -0.798. The minimum Gasteiger partial charge on any atom is -0.495 e. The van der Waals surface area contributed by atoms with Crippen LogP contribution in [0.25, 0.3) is 0 Å². The number of fused-ring (bicyclic) bond motifs is 1. The Balaban J connectivity index is 1.49. The molecule has 0 aromatic heterocycles. The molecule has 39 heavy (non-hydrogen) atoms. The van der Waals surface area contributed by atoms with Crippen LogP contribution in [0.15, 0.2) is 24.3 Å². The number of hydrogen-bond acceptors (Lipinski definition) is 8. The van der Waals surface area contributed by atoms with E-state index >= 15 is 0 Å². The van der Waals surface area contributed by atoms with Gasteiger partial charge in [0.1, 0.15) is 17.3 Å². The summed E-state index contributed by atoms with van der Waals surface area (Å²) in [4.78, 5) is 25.7. The predicted octanol–water partition coefficient (Wildman–Crippen LogP) is 1.63. The highest BCUT2D eigenvalue weighted by molar-refractivity contribution is 5.98. The summed E-state index contributed by atoms with van der Waals surface area (Å²) in [7, 11) is 3.07. The van der Waals surface area contributed by atoms with Gasteiger partial charge in [-0.2, -0.15) is 0 Å². The van der Waals surface area contributed by atoms with Crippen LogP contribution in [0, 0.1) is 5.82 Å². The van der Waals surface area contributed by atoms with Crippen molar-refractivity contribution in [3.8, 4) is 11.5 Å². The van der Waals surface area contributed by atoms with Crippen molar-refractivity contribution in [1.82, 2.24) is 10.6 Å². The SMILES string of the molecule is COCCOCCNC(=O)c1ccc(Cc2cc(C(=O)N[C@H]3CCOC[C@@H]3O)c(OC)c3c2OCC3)cc1F. The molecule has 0 saturated carbocycles. The minimum absolute atomic E-state index is 0.0677. The Hall–Kier alpha value is -3.25. The van der Waals surface area contributed by atoms with Gasteiger partial charge in [0.2, 0.25) is 0 Å². The van der Waals surface area contributed by atoms with Gasteiger partial charge in [0.25, 0.3) is 11.8 Å². The summed E-state index contributed by atoms with van der Waals surface area (Å²) in [6.45, 7) is 2.45. The number of hydrogen-bond donors (Lipinski definition) is 3. The summed E-state index contributed by atoms with van der Waals surface area (Å²) in [6, 6.07) is 5.68. The van der Waals surface area contributed by atoms with Gasteiger partial charge in [-0.3, -0.25) is 9.59 Å². The number of rotatable bonds is 12. The highest BCUT2D eigenvalue weighted by Crippen LogP contribution is 2.40. The maximum atomic E-state index is 14.9. The molecule has 0 radical (unpaired) electrons. The number of aliphatic hydroxyl groups is 1. The molecule has 4 rings (SSSR count). The average Bonchev–Trinajstić information content (AvgIpc) is 3.42. The molecule has 1 saturated heterocycles. The number of ether oxygens (including phenoxy) is 5. The van der Waals surface area contributed by atoms with Crippen molar-refractivity contribution >= 4 is 11.8 Å². The molecular weight excluding hydrogens is 511 g/mol. The van der Waals surface area contributed by atoms with Crippen LogP contribution in [0.4, 0.5) is 4.39 Å². The van der Waals surface area contributed by atoms with Crippen molar-refractivity contribution in [1.29, 1.82) is 0 Å². The standard InChI is InChI=1S/C28H35FN2O8/c1-35-11-12-37-10-7-30-27(33)19-4-3-17(14-22(19)29)13-18-15-21(26(36-2)20-5-9-39-25(18)20)28(34)31-23-6-8-38-16-24(23)32/h3-4,14-15,23-24,32H,5-13,16H2,1-2H3,(H,30,33)(H,31,34)/t23-,24-/m0/s1. The zero-order valence-corrected chi connectivity index (χ0v) is 22.2. The maximum Gasteiger partial charge on any atom is 0.255 e. The molecule has 2 aliphatic rings. The van der Waals surface area contributed by atoms with E-state index in [-0.39, 0.29) is 31.0 Å². The van der Waals surface area contributed by atoms with Crippen LogP contribution in [0.2, 0.25) is 0 Å². The third kappa shape index (κ3) is 7.04. The van der Waals surface area contributed by atoms with Gasteiger partial charge >= 0.3 is 0 Å². The first-order valence-electron chi connectivity index (χ1n) is 13.0. The lowest BCUT2D eigenvalue weighted by atomic mass is 9.95. The molecule has 2 atom stereocenters. The fourth-order valence-electron chi connectivity index (χ4n) is 4.75. The quantitative estimate of drug-likeness (QED) is 0.343. The van der Waals surface area contributed by atoms with Crippen molar-refractivity contribution in [2.45, 2.75) is 31.4 Å². The molecule has 0 bridgehead atoms. The van der Waals surface area contributed by atoms with Crippen LogP contribution < -0.4 is 20.1 Å². The molecule has 2 aromatic rings. The third-order valence-corrected chi connectivity index (χ3v) is 6.73. The number of benzene rings is 2. The summed E-state index contributed by atoms with van der Waals surface area (Å²) in [5, 5.41) is 15.7. The van der Waals surface area contributed by atoms with Gasteiger partial charge < -0.3 is 39.4 Å². The van der Waals surface area contributed by atoms with E-state index in [0.717, 1.165) is 5.56 Å². The van der Waals surface area contributed by atoms with Gasteiger partial charge in [-0.15, -0.1) is 0 Å². The second-order valence-corrected chi connectivity index (χ2v) is 9.39. The normalized spacial score (nSPS) is 18.3. The summed E-state index contributed by atoms with van der Waals surface area (Å²) in [5.41, 5.74) is 2.34. The lowest BCUT2D eigenvalue weighted by molar-refractivity contribution is -0.0261. The zero-order valence-electron chi connectivity index (χ0n) is 22.2. The Morgan fingerprint density at radius 1 is 1.10 bits per heavy atom. The number of carbonyl (C=O) groups is 2. The van der Waals surface area contributed by atoms with Crippen LogP contribution in [0.1, 0.15) is 43.8 Å². The Labute approximate surface area is 226 Å². The monoisotopic (exact) mass is 546 g/mol. The first kappa shape index (κ1) is 28.8. The number of halogens is 1. The molecule has 2 aliphatic heterocycles. The summed E-state index contributed by atoms with van der Waals surface area (Å²) < 4.78 is 41.8. The number of methoxy groups -OCH3 is 2. The maximum absolute atomic E-state index is 14.9. The number of amides is 2. The van der Waals surface area contributed by atoms with E-state index in [1.165, 1.54) is 19.2 Å². The highest BCUT2D eigenvalue weighted by Gasteiger charge is 2.30. The molecule has 10 nitrogen and oxygen atoms in total. The molecule has 0 aliphatic carbocycles. The van der Waals surface area contributed by atoms with Crippen LogP contribution in [0.3, 0.4) is 0 Å². The van der Waals surface area contributed by atoms with Crippen molar-refractivity contribution in [3.63, 3.8) is 0 Å². The van der Waals surface area contributed by atoms with Crippen molar-refractivity contribution < 1.29 is 42.8 Å². The average molecular weight is 547 g/mol. The summed E-state index contributed by atoms with van der Waals surface area (Å²) in [5.74, 6) is -0.516. The largest absolute Gasteiger partial charge is 0.495 e. The molecule has 0 unspecified atom stereocenters. The lowest BCUT2D eigenvalue weighted by Crippen LogP contribution is -2.48. The van der Waals surface area contributed by atoms with Crippen molar-refractivity contribution in [2.75, 3.05) is 60.4 Å². The fraction of sp³-hybridized carbons (Fsp3) is 0.500. The van der Waals surface area contributed by atoms with Crippen LogP contribution in [0.5, 0.6) is 11.5 Å². The van der Waals surface area contributed by atoms with E-state index in [2.05, 4.69) is 10.6 Å². The van der Waals surface area contributed by atoms with E-state index in [9.17, 15) is 19.1 Å². The third-order valence-electron chi connectivity index (χ3n) is 6.73. The highest BCUT2D eigenvalue weighted by atomic mass is 19.1. The lowest BCUT2D eigenvalue weighted by Gasteiger charge is -2.28. The number of aliphatic hydroxyl groups excluding tert-OH is 1. The van der Waals surface area contributed by atoms with E-state index in [0.29, 0.717) is 74.1 Å². The summed E-state index contributed by atoms with van der Waals surface area (Å²) >= 11 is 0. The second-order valence-electron chi connectivity index (χ2n) is 9.39. The first-order valence-corrected chi connectivity index (χ1v) is 13.0. The van der Waals surface area contributed by atoms with Gasteiger partial charge in [-0.25, -0.2) is 4.39 Å². The Morgan fingerprint density at radius 3 is 2.69 bits per heavy atom. The molecule has 1 fully saturated rings. The molecule has 2 amide bonds. The smallest absolute Gasteiger partial charge is 0.255 e. The second kappa shape index (κ2) is 13.7. The van der Waals surface area contributed by atoms with E-state index in [4.69, 9.17) is 23.7 Å². The van der Waals surface area contributed by atoms with Gasteiger partial charge in [0.05, 0.1) is 63.4 Å². The van der Waals surface area contributed by atoms with Gasteiger partial charge in [0.15, 0.2) is 0 Å². The van der Waals surface area contributed by atoms with Crippen LogP contribution in [-0.4, -0.2) is 89.5 Å². The van der Waals surface area contributed by atoms with Crippen molar-refractivity contribution in [3.05, 3.63) is 57.9 Å². The number of carbonyl (C=O) groups excluding carboxylic acids is 2. The Morgan fingerprint density at radius 2 is 1.95 bits per heavy atom. The molecule has 0 spiro atoms. The Bertz CT molecular complexity index is 1170. The molecule has 11 heteroatoms. The van der Waals surface area contributed by atoms with Gasteiger partial charge in [-0.1, -0.05) is 6.07 Å². The fourth-order valence-corrected chi connectivity index (χ4v) is 4.75. The van der Waals surface area contributed by atoms with Gasteiger partial charge in [-0.05, 0) is 35.7 Å². The predicted molar refractivity (Wildman–Crippen MR) is 139 cm³/mol. The molecule has 212 valence electrons. The van der Waals surface area contributed by atoms with Crippen molar-refractivity contribution in [2.24, 2.45) is 0 Å². The molecule has 2 aromatic carbocycles. The summed E-state index contributed by atoms with van der Waals surface area (Å²) in [6.07, 6.45) is 0.539. The van der Waals surface area contributed by atoms with E-state index in [1.807, 2.05) is 0 Å². The topological polar surface area (TPSA) is 125 Å².